The minimum absolute atomic E-state index is 0.270. The minimum Gasteiger partial charge on any atom is -0.489 e. The predicted molar refractivity (Wildman–Crippen MR) is 85.4 cm³/mol. The minimum atomic E-state index is -0.502. The third-order valence-electron chi connectivity index (χ3n) is 4.13. The highest BCUT2D eigenvalue weighted by Crippen LogP contribution is 2.21. The maximum atomic E-state index is 10.2. The highest BCUT2D eigenvalue weighted by Gasteiger charge is 2.31. The smallest absolute Gasteiger partial charge is 0.142 e. The van der Waals surface area contributed by atoms with Gasteiger partial charge in [0.25, 0.3) is 0 Å². The van der Waals surface area contributed by atoms with Crippen molar-refractivity contribution in [3.63, 3.8) is 0 Å². The second kappa shape index (κ2) is 7.11. The Morgan fingerprint density at radius 1 is 1.38 bits per heavy atom. The van der Waals surface area contributed by atoms with Crippen LogP contribution in [0.15, 0.2) is 24.3 Å². The molecule has 3 N–H and O–H groups in total. The lowest BCUT2D eigenvalue weighted by Gasteiger charge is -2.23. The van der Waals surface area contributed by atoms with Crippen LogP contribution < -0.4 is 10.5 Å². The van der Waals surface area contributed by atoms with Gasteiger partial charge in [0.15, 0.2) is 0 Å². The van der Waals surface area contributed by atoms with Crippen molar-refractivity contribution in [2.45, 2.75) is 19.1 Å². The van der Waals surface area contributed by atoms with Crippen molar-refractivity contribution in [1.82, 2.24) is 9.80 Å². The number of benzene rings is 1. The van der Waals surface area contributed by atoms with Crippen molar-refractivity contribution in [3.8, 4) is 5.75 Å². The van der Waals surface area contributed by atoms with E-state index in [9.17, 15) is 5.11 Å². The van der Waals surface area contributed by atoms with Crippen molar-refractivity contribution in [1.29, 1.82) is 0 Å². The molecule has 0 aliphatic carbocycles. The molecule has 21 heavy (non-hydrogen) atoms. The SMILES string of the molecule is CC1CN(CC(O)COc2ccccc2N)CC1N(C)C. The van der Waals surface area contributed by atoms with Crippen LogP contribution in [0.1, 0.15) is 6.92 Å². The summed E-state index contributed by atoms with van der Waals surface area (Å²) in [5.74, 6) is 1.26. The van der Waals surface area contributed by atoms with Gasteiger partial charge in [0, 0.05) is 25.7 Å². The van der Waals surface area contributed by atoms with Crippen molar-refractivity contribution < 1.29 is 9.84 Å². The standard InChI is InChI=1S/C16H27N3O2/c1-12-8-19(10-15(12)18(2)3)9-13(20)11-21-16-7-5-4-6-14(16)17/h4-7,12-13,15,20H,8-11,17H2,1-3H3. The number of ether oxygens (including phenoxy) is 1. The molecule has 0 spiro atoms. The fourth-order valence-corrected chi connectivity index (χ4v) is 3.02. The third kappa shape index (κ3) is 4.33. The second-order valence-corrected chi connectivity index (χ2v) is 6.23. The average Bonchev–Trinajstić information content (AvgIpc) is 2.79. The summed E-state index contributed by atoms with van der Waals surface area (Å²) < 4.78 is 5.60. The van der Waals surface area contributed by atoms with E-state index in [0.29, 0.717) is 29.9 Å². The van der Waals surface area contributed by atoms with Gasteiger partial charge < -0.3 is 20.5 Å². The number of likely N-dealkylation sites (N-methyl/N-ethyl adjacent to an activating group) is 1. The molecule has 1 heterocycles. The average molecular weight is 293 g/mol. The van der Waals surface area contributed by atoms with E-state index < -0.39 is 6.10 Å². The summed E-state index contributed by atoms with van der Waals surface area (Å²) in [6, 6.07) is 7.92. The first-order chi connectivity index (χ1) is 9.97. The molecule has 5 nitrogen and oxygen atoms in total. The Labute approximate surface area is 127 Å². The Morgan fingerprint density at radius 2 is 2.10 bits per heavy atom. The van der Waals surface area contributed by atoms with Crippen LogP contribution in [0.3, 0.4) is 0 Å². The molecule has 1 aromatic carbocycles. The fourth-order valence-electron chi connectivity index (χ4n) is 3.02. The van der Waals surface area contributed by atoms with Crippen molar-refractivity contribution in [2.75, 3.05) is 46.1 Å². The molecule has 0 aromatic heterocycles. The lowest BCUT2D eigenvalue weighted by atomic mass is 10.1. The van der Waals surface area contributed by atoms with E-state index in [2.05, 4.69) is 30.8 Å². The Morgan fingerprint density at radius 3 is 2.71 bits per heavy atom. The summed E-state index contributed by atoms with van der Waals surface area (Å²) in [5.41, 5.74) is 6.42. The zero-order valence-corrected chi connectivity index (χ0v) is 13.2. The highest BCUT2D eigenvalue weighted by atomic mass is 16.5. The second-order valence-electron chi connectivity index (χ2n) is 6.23. The Balaban J connectivity index is 1.78. The largest absolute Gasteiger partial charge is 0.489 e. The summed E-state index contributed by atoms with van der Waals surface area (Å²) in [6.07, 6.45) is -0.502. The quantitative estimate of drug-likeness (QED) is 0.763. The number of aliphatic hydroxyl groups is 1. The molecule has 3 atom stereocenters. The number of anilines is 1. The molecule has 1 aliphatic rings. The Bertz CT molecular complexity index is 453. The first-order valence-corrected chi connectivity index (χ1v) is 7.51. The predicted octanol–water partition coefficient (Wildman–Crippen LogP) is 0.890. The van der Waals surface area contributed by atoms with Crippen LogP contribution in [0.2, 0.25) is 0 Å². The van der Waals surface area contributed by atoms with Crippen molar-refractivity contribution >= 4 is 5.69 Å². The molecular weight excluding hydrogens is 266 g/mol. The molecule has 1 aromatic rings. The molecule has 3 unspecified atom stereocenters. The maximum absolute atomic E-state index is 10.2. The fraction of sp³-hybridized carbons (Fsp3) is 0.625. The van der Waals surface area contributed by atoms with Gasteiger partial charge in [0.2, 0.25) is 0 Å². The highest BCUT2D eigenvalue weighted by molar-refractivity contribution is 5.51. The number of para-hydroxylation sites is 2. The number of hydrogen-bond acceptors (Lipinski definition) is 5. The van der Waals surface area contributed by atoms with Crippen LogP contribution >= 0.6 is 0 Å². The number of β-amino-alcohol motifs (C(OH)–C–C–N with tert-alkyl or cyclic N) is 1. The zero-order chi connectivity index (χ0) is 15.4. The number of nitrogens with zero attached hydrogens (tertiary/aromatic N) is 2. The number of rotatable bonds is 6. The number of hydrogen-bond donors (Lipinski definition) is 2. The monoisotopic (exact) mass is 293 g/mol. The summed E-state index contributed by atoms with van der Waals surface area (Å²) in [4.78, 5) is 4.57. The maximum Gasteiger partial charge on any atom is 0.142 e. The topological polar surface area (TPSA) is 62.0 Å². The summed E-state index contributed by atoms with van der Waals surface area (Å²) in [5, 5.41) is 10.2. The van der Waals surface area contributed by atoms with Gasteiger partial charge in [-0.2, -0.15) is 0 Å². The molecule has 0 saturated carbocycles. The lowest BCUT2D eigenvalue weighted by Crippen LogP contribution is -2.37. The van der Waals surface area contributed by atoms with Crippen LogP contribution in [0.4, 0.5) is 5.69 Å². The number of aliphatic hydroxyl groups excluding tert-OH is 1. The van der Waals surface area contributed by atoms with Crippen LogP contribution in [0.25, 0.3) is 0 Å². The molecule has 2 rings (SSSR count). The molecule has 118 valence electrons. The number of nitrogens with two attached hydrogens (primary N) is 1. The zero-order valence-electron chi connectivity index (χ0n) is 13.2. The van der Waals surface area contributed by atoms with Crippen LogP contribution in [-0.2, 0) is 0 Å². The Hall–Kier alpha value is -1.30. The normalized spacial score (nSPS) is 24.4. The first-order valence-electron chi connectivity index (χ1n) is 7.51. The molecular formula is C16H27N3O2. The Kier molecular flexibility index (Phi) is 5.45. The summed E-state index contributed by atoms with van der Waals surface area (Å²) >= 11 is 0. The number of likely N-dealkylation sites (tertiary alicyclic amines) is 1. The van der Waals surface area contributed by atoms with E-state index in [-0.39, 0.29) is 6.61 Å². The van der Waals surface area contributed by atoms with E-state index in [1.807, 2.05) is 18.2 Å². The van der Waals surface area contributed by atoms with Gasteiger partial charge in [0.1, 0.15) is 18.5 Å². The van der Waals surface area contributed by atoms with Crippen LogP contribution in [0, 0.1) is 5.92 Å². The van der Waals surface area contributed by atoms with E-state index in [4.69, 9.17) is 10.5 Å². The summed E-state index contributed by atoms with van der Waals surface area (Å²) in [7, 11) is 4.23. The van der Waals surface area contributed by atoms with Gasteiger partial charge in [0.05, 0.1) is 5.69 Å². The molecule has 5 heteroatoms. The van der Waals surface area contributed by atoms with Crippen LogP contribution in [-0.4, -0.2) is 67.4 Å². The van der Waals surface area contributed by atoms with Crippen molar-refractivity contribution in [2.24, 2.45) is 5.92 Å². The van der Waals surface area contributed by atoms with Gasteiger partial charge in [-0.25, -0.2) is 0 Å². The van der Waals surface area contributed by atoms with E-state index in [0.717, 1.165) is 13.1 Å². The third-order valence-corrected chi connectivity index (χ3v) is 4.13. The van der Waals surface area contributed by atoms with Gasteiger partial charge in [-0.15, -0.1) is 0 Å². The van der Waals surface area contributed by atoms with Gasteiger partial charge in [-0.3, -0.25) is 4.90 Å². The molecule has 1 aliphatic heterocycles. The molecule has 1 saturated heterocycles. The van der Waals surface area contributed by atoms with Gasteiger partial charge in [-0.05, 0) is 32.1 Å². The van der Waals surface area contributed by atoms with E-state index >= 15 is 0 Å². The lowest BCUT2D eigenvalue weighted by molar-refractivity contribution is 0.0738. The number of nitrogen functional groups attached to an aromatic ring is 1. The van der Waals surface area contributed by atoms with E-state index in [1.54, 1.807) is 6.07 Å². The summed E-state index contributed by atoms with van der Waals surface area (Å²) in [6.45, 7) is 5.19. The van der Waals surface area contributed by atoms with Crippen LogP contribution in [0.5, 0.6) is 5.75 Å². The van der Waals surface area contributed by atoms with Crippen molar-refractivity contribution in [3.05, 3.63) is 24.3 Å². The van der Waals surface area contributed by atoms with Gasteiger partial charge in [-0.1, -0.05) is 19.1 Å². The molecule has 0 radical (unpaired) electrons. The molecule has 0 bridgehead atoms. The molecule has 1 fully saturated rings. The molecule has 0 amide bonds. The van der Waals surface area contributed by atoms with E-state index in [1.165, 1.54) is 0 Å². The first kappa shape index (κ1) is 16.1. The van der Waals surface area contributed by atoms with Gasteiger partial charge >= 0.3 is 0 Å².